The number of amides is 1. The Morgan fingerprint density at radius 3 is 3.00 bits per heavy atom. The van der Waals surface area contributed by atoms with E-state index in [9.17, 15) is 4.79 Å². The number of carbonyl (C=O) groups is 1. The van der Waals surface area contributed by atoms with Crippen LogP contribution in [0.5, 0.6) is 0 Å². The second kappa shape index (κ2) is 7.85. The minimum absolute atomic E-state index is 0.00557. The molecule has 3 aromatic rings. The Labute approximate surface area is 153 Å². The van der Waals surface area contributed by atoms with Crippen molar-refractivity contribution in [3.05, 3.63) is 58.8 Å². The maximum absolute atomic E-state index is 12.3. The van der Waals surface area contributed by atoms with E-state index in [1.165, 1.54) is 0 Å². The average molecular weight is 404 g/mol. The summed E-state index contributed by atoms with van der Waals surface area (Å²) in [6, 6.07) is 11.9. The summed E-state index contributed by atoms with van der Waals surface area (Å²) in [5, 5.41) is 5.09. The van der Waals surface area contributed by atoms with Crippen LogP contribution >= 0.6 is 27.7 Å². The number of carbonyl (C=O) groups excluding carboxylic acids is 1. The number of hydrogen-bond acceptors (Lipinski definition) is 3. The van der Waals surface area contributed by atoms with Crippen molar-refractivity contribution in [1.29, 1.82) is 0 Å². The maximum Gasteiger partial charge on any atom is 0.240 e. The number of pyridine rings is 1. The third kappa shape index (κ3) is 3.99. The van der Waals surface area contributed by atoms with Gasteiger partial charge in [-0.25, -0.2) is 4.98 Å². The first kappa shape index (κ1) is 17.0. The maximum atomic E-state index is 12.3. The fraction of sp³-hybridized carbons (Fsp3) is 0.222. The Morgan fingerprint density at radius 2 is 2.21 bits per heavy atom. The van der Waals surface area contributed by atoms with E-state index < -0.39 is 0 Å². The highest BCUT2D eigenvalue weighted by Crippen LogP contribution is 2.26. The van der Waals surface area contributed by atoms with Gasteiger partial charge in [0.25, 0.3) is 0 Å². The first-order valence-corrected chi connectivity index (χ1v) is 9.53. The van der Waals surface area contributed by atoms with Gasteiger partial charge in [-0.05, 0) is 35.6 Å². The zero-order valence-electron chi connectivity index (χ0n) is 13.3. The fourth-order valence-corrected chi connectivity index (χ4v) is 3.73. The van der Waals surface area contributed by atoms with Gasteiger partial charge in [0.2, 0.25) is 5.91 Å². The van der Waals surface area contributed by atoms with Crippen molar-refractivity contribution in [3.63, 3.8) is 0 Å². The molecule has 4 nitrogen and oxygen atoms in total. The van der Waals surface area contributed by atoms with Crippen LogP contribution in [0, 0.1) is 0 Å². The van der Waals surface area contributed by atoms with Gasteiger partial charge in [-0.15, -0.1) is 11.8 Å². The fourth-order valence-electron chi connectivity index (χ4n) is 2.54. The lowest BCUT2D eigenvalue weighted by molar-refractivity contribution is -0.121. The number of rotatable bonds is 6. The number of halogens is 1. The van der Waals surface area contributed by atoms with Crippen LogP contribution in [0.15, 0.2) is 58.3 Å². The van der Waals surface area contributed by atoms with E-state index in [0.717, 1.165) is 31.7 Å². The van der Waals surface area contributed by atoms with Crippen molar-refractivity contribution in [2.24, 2.45) is 0 Å². The molecule has 1 aromatic carbocycles. The molecule has 0 saturated carbocycles. The molecule has 0 bridgehead atoms. The standard InChI is InChI=1S/C18H18BrN3OS/c1-2-24-18-15-7-9-22(16(15)6-8-20-18)12-17(23)21-11-13-4-3-5-14(19)10-13/h3-10H,2,11-12H2,1H3,(H,21,23). The smallest absolute Gasteiger partial charge is 0.240 e. The monoisotopic (exact) mass is 403 g/mol. The lowest BCUT2D eigenvalue weighted by Crippen LogP contribution is -2.26. The molecule has 0 aliphatic carbocycles. The molecule has 0 spiro atoms. The van der Waals surface area contributed by atoms with Crippen molar-refractivity contribution < 1.29 is 4.79 Å². The van der Waals surface area contributed by atoms with E-state index in [1.54, 1.807) is 18.0 Å². The van der Waals surface area contributed by atoms with Gasteiger partial charge in [0.15, 0.2) is 0 Å². The molecule has 2 heterocycles. The van der Waals surface area contributed by atoms with Crippen LogP contribution in [-0.2, 0) is 17.9 Å². The van der Waals surface area contributed by atoms with E-state index in [-0.39, 0.29) is 5.91 Å². The highest BCUT2D eigenvalue weighted by atomic mass is 79.9. The van der Waals surface area contributed by atoms with Gasteiger partial charge in [0, 0.05) is 28.8 Å². The molecule has 0 aliphatic heterocycles. The summed E-state index contributed by atoms with van der Waals surface area (Å²) in [6.45, 7) is 2.94. The minimum atomic E-state index is -0.00557. The molecule has 0 aliphatic rings. The largest absolute Gasteiger partial charge is 0.350 e. The number of nitrogens with zero attached hydrogens (tertiary/aromatic N) is 2. The van der Waals surface area contributed by atoms with Crippen molar-refractivity contribution in [1.82, 2.24) is 14.9 Å². The van der Waals surface area contributed by atoms with Crippen molar-refractivity contribution in [2.45, 2.75) is 25.0 Å². The Bertz CT molecular complexity index is 862. The van der Waals surface area contributed by atoms with Crippen molar-refractivity contribution in [2.75, 3.05) is 5.75 Å². The van der Waals surface area contributed by atoms with E-state index in [4.69, 9.17) is 0 Å². The second-order valence-corrected chi connectivity index (χ2v) is 7.50. The average Bonchev–Trinajstić information content (AvgIpc) is 2.97. The zero-order valence-corrected chi connectivity index (χ0v) is 15.7. The summed E-state index contributed by atoms with van der Waals surface area (Å²) in [7, 11) is 0. The summed E-state index contributed by atoms with van der Waals surface area (Å²) < 4.78 is 2.98. The van der Waals surface area contributed by atoms with Gasteiger partial charge in [-0.2, -0.15) is 0 Å². The van der Waals surface area contributed by atoms with E-state index in [0.29, 0.717) is 13.1 Å². The van der Waals surface area contributed by atoms with Crippen LogP contribution in [0.25, 0.3) is 10.9 Å². The molecule has 0 radical (unpaired) electrons. The molecular formula is C18H18BrN3OS. The molecule has 3 rings (SSSR count). The van der Waals surface area contributed by atoms with Crippen LogP contribution in [-0.4, -0.2) is 21.2 Å². The SMILES string of the molecule is CCSc1nccc2c1ccn2CC(=O)NCc1cccc(Br)c1. The molecule has 1 N–H and O–H groups in total. The molecule has 2 aromatic heterocycles. The Kier molecular flexibility index (Phi) is 5.58. The lowest BCUT2D eigenvalue weighted by Gasteiger charge is -2.08. The molecule has 0 unspecified atom stereocenters. The predicted octanol–water partition coefficient (Wildman–Crippen LogP) is 4.23. The highest BCUT2D eigenvalue weighted by molar-refractivity contribution is 9.10. The summed E-state index contributed by atoms with van der Waals surface area (Å²) in [6.07, 6.45) is 3.75. The Morgan fingerprint density at radius 1 is 1.33 bits per heavy atom. The molecule has 0 atom stereocenters. The normalized spacial score (nSPS) is 10.9. The zero-order chi connectivity index (χ0) is 16.9. The van der Waals surface area contributed by atoms with Crippen LogP contribution in [0.2, 0.25) is 0 Å². The summed E-state index contributed by atoms with van der Waals surface area (Å²) in [5.74, 6) is 0.971. The Hall–Kier alpha value is -1.79. The molecule has 0 fully saturated rings. The summed E-state index contributed by atoms with van der Waals surface area (Å²) in [4.78, 5) is 16.7. The number of thioether (sulfide) groups is 1. The van der Waals surface area contributed by atoms with E-state index in [1.807, 2.05) is 47.2 Å². The first-order valence-electron chi connectivity index (χ1n) is 7.75. The summed E-state index contributed by atoms with van der Waals surface area (Å²) >= 11 is 5.16. The number of aromatic nitrogens is 2. The number of benzene rings is 1. The van der Waals surface area contributed by atoms with Crippen LogP contribution in [0.1, 0.15) is 12.5 Å². The van der Waals surface area contributed by atoms with Gasteiger partial charge >= 0.3 is 0 Å². The van der Waals surface area contributed by atoms with Gasteiger partial charge in [-0.3, -0.25) is 4.79 Å². The van der Waals surface area contributed by atoms with Crippen molar-refractivity contribution >= 4 is 44.5 Å². The molecule has 1 amide bonds. The molecular weight excluding hydrogens is 386 g/mol. The van der Waals surface area contributed by atoms with Gasteiger partial charge < -0.3 is 9.88 Å². The second-order valence-electron chi connectivity index (χ2n) is 5.33. The number of hydrogen-bond donors (Lipinski definition) is 1. The number of nitrogens with one attached hydrogen (secondary N) is 1. The lowest BCUT2D eigenvalue weighted by atomic mass is 10.2. The molecule has 6 heteroatoms. The summed E-state index contributed by atoms with van der Waals surface area (Å²) in [5.41, 5.74) is 2.11. The third-order valence-electron chi connectivity index (χ3n) is 3.63. The van der Waals surface area contributed by atoms with Crippen molar-refractivity contribution in [3.8, 4) is 0 Å². The quantitative estimate of drug-likeness (QED) is 0.626. The van der Waals surface area contributed by atoms with E-state index >= 15 is 0 Å². The number of fused-ring (bicyclic) bond motifs is 1. The van der Waals surface area contributed by atoms with Gasteiger partial charge in [0.05, 0.1) is 5.52 Å². The van der Waals surface area contributed by atoms with Crippen LogP contribution < -0.4 is 5.32 Å². The van der Waals surface area contributed by atoms with E-state index in [2.05, 4.69) is 33.2 Å². The first-order chi connectivity index (χ1) is 11.7. The van der Waals surface area contributed by atoms with Gasteiger partial charge in [-0.1, -0.05) is 35.0 Å². The third-order valence-corrected chi connectivity index (χ3v) is 5.02. The van der Waals surface area contributed by atoms with Gasteiger partial charge in [0.1, 0.15) is 11.6 Å². The molecule has 24 heavy (non-hydrogen) atoms. The minimum Gasteiger partial charge on any atom is -0.350 e. The Balaban J connectivity index is 1.68. The van der Waals surface area contributed by atoms with Crippen LogP contribution in [0.3, 0.4) is 0 Å². The topological polar surface area (TPSA) is 46.9 Å². The predicted molar refractivity (Wildman–Crippen MR) is 102 cm³/mol. The highest BCUT2D eigenvalue weighted by Gasteiger charge is 2.09. The molecule has 124 valence electrons. The van der Waals surface area contributed by atoms with Crippen LogP contribution in [0.4, 0.5) is 0 Å². The molecule has 0 saturated heterocycles.